The van der Waals surface area contributed by atoms with Crippen LogP contribution in [0.15, 0.2) is 41.8 Å². The van der Waals surface area contributed by atoms with Gasteiger partial charge in [-0.3, -0.25) is 4.79 Å². The molecule has 0 aliphatic rings. The molecule has 1 nitrogen and oxygen atoms in total. The summed E-state index contributed by atoms with van der Waals surface area (Å²) in [6.45, 7) is 1.84. The molecule has 0 aliphatic heterocycles. The summed E-state index contributed by atoms with van der Waals surface area (Å²) in [7, 11) is 0. The van der Waals surface area contributed by atoms with Crippen LogP contribution in [0, 0.1) is 0 Å². The van der Waals surface area contributed by atoms with Gasteiger partial charge in [-0.05, 0) is 48.0 Å². The van der Waals surface area contributed by atoms with Crippen molar-refractivity contribution < 1.29 is 4.79 Å². The minimum absolute atomic E-state index is 0.385. The van der Waals surface area contributed by atoms with Crippen LogP contribution in [0.25, 0.3) is 0 Å². The van der Waals surface area contributed by atoms with Gasteiger partial charge in [-0.2, -0.15) is 0 Å². The van der Waals surface area contributed by atoms with E-state index >= 15 is 0 Å². The third-order valence-electron chi connectivity index (χ3n) is 3.01. The molecule has 4 heteroatoms. The topological polar surface area (TPSA) is 17.1 Å². The van der Waals surface area contributed by atoms with Crippen molar-refractivity contribution in [1.29, 1.82) is 0 Å². The zero-order chi connectivity index (χ0) is 13.2. The number of hydrogen-bond donors (Lipinski definition) is 0. The van der Waals surface area contributed by atoms with Gasteiger partial charge >= 0.3 is 0 Å². The molecule has 0 saturated carbocycles. The van der Waals surface area contributed by atoms with Gasteiger partial charge in [-0.25, -0.2) is 0 Å². The van der Waals surface area contributed by atoms with E-state index < -0.39 is 5.41 Å². The van der Waals surface area contributed by atoms with Gasteiger partial charge in [-0.1, -0.05) is 35.9 Å². The van der Waals surface area contributed by atoms with E-state index in [9.17, 15) is 4.79 Å². The zero-order valence-electron chi connectivity index (χ0n) is 9.82. The van der Waals surface area contributed by atoms with Crippen molar-refractivity contribution in [2.24, 2.45) is 0 Å². The standard InChI is InChI=1S/C14H12Cl2OS/c1-14(13(16)17,9-10-5-4-8-18-10)11-6-2-3-7-12(11)15/h2-8H,9H2,1H3. The van der Waals surface area contributed by atoms with Crippen LogP contribution in [0.2, 0.25) is 5.02 Å². The highest BCUT2D eigenvalue weighted by Gasteiger charge is 2.36. The van der Waals surface area contributed by atoms with Gasteiger partial charge < -0.3 is 0 Å². The minimum atomic E-state index is -0.787. The highest BCUT2D eigenvalue weighted by atomic mass is 35.5. The molecule has 1 unspecified atom stereocenters. The summed E-state index contributed by atoms with van der Waals surface area (Å²) >= 11 is 13.6. The molecule has 2 rings (SSSR count). The van der Waals surface area contributed by atoms with Crippen LogP contribution in [0.5, 0.6) is 0 Å². The van der Waals surface area contributed by atoms with Gasteiger partial charge in [0.1, 0.15) is 0 Å². The summed E-state index contributed by atoms with van der Waals surface area (Å²) in [4.78, 5) is 13.0. The Bertz CT molecular complexity index is 551. The van der Waals surface area contributed by atoms with Gasteiger partial charge in [0, 0.05) is 9.90 Å². The maximum Gasteiger partial charge on any atom is 0.232 e. The monoisotopic (exact) mass is 298 g/mol. The van der Waals surface area contributed by atoms with Crippen LogP contribution >= 0.6 is 34.5 Å². The quantitative estimate of drug-likeness (QED) is 0.750. The summed E-state index contributed by atoms with van der Waals surface area (Å²) in [5.41, 5.74) is -0.00911. The Labute approximate surface area is 120 Å². The summed E-state index contributed by atoms with van der Waals surface area (Å²) < 4.78 is 0. The van der Waals surface area contributed by atoms with Gasteiger partial charge in [-0.15, -0.1) is 11.3 Å². The second kappa shape index (κ2) is 5.43. The molecule has 1 aromatic carbocycles. The van der Waals surface area contributed by atoms with Crippen molar-refractivity contribution in [3.05, 3.63) is 57.2 Å². The molecule has 0 bridgehead atoms. The minimum Gasteiger partial charge on any atom is -0.280 e. The predicted molar refractivity (Wildman–Crippen MR) is 77.7 cm³/mol. The smallest absolute Gasteiger partial charge is 0.232 e. The van der Waals surface area contributed by atoms with E-state index in [1.165, 1.54) is 0 Å². The number of carbonyl (C=O) groups is 1. The average molecular weight is 299 g/mol. The normalized spacial score (nSPS) is 14.2. The number of halogens is 2. The Morgan fingerprint density at radius 1 is 1.28 bits per heavy atom. The molecule has 94 valence electrons. The van der Waals surface area contributed by atoms with Crippen molar-refractivity contribution in [2.45, 2.75) is 18.8 Å². The van der Waals surface area contributed by atoms with E-state index in [2.05, 4.69) is 0 Å². The first kappa shape index (κ1) is 13.6. The summed E-state index contributed by atoms with van der Waals surface area (Å²) in [5, 5.41) is 2.18. The van der Waals surface area contributed by atoms with Crippen molar-refractivity contribution in [3.63, 3.8) is 0 Å². The lowest BCUT2D eigenvalue weighted by atomic mass is 9.80. The van der Waals surface area contributed by atoms with Gasteiger partial charge in [0.05, 0.1) is 5.41 Å². The molecule has 0 amide bonds. The third-order valence-corrected chi connectivity index (χ3v) is 4.63. The zero-order valence-corrected chi connectivity index (χ0v) is 12.1. The molecule has 2 aromatic rings. The Morgan fingerprint density at radius 3 is 2.56 bits per heavy atom. The maximum absolute atomic E-state index is 11.9. The fourth-order valence-corrected chi connectivity index (χ4v) is 3.31. The van der Waals surface area contributed by atoms with E-state index in [-0.39, 0.29) is 5.24 Å². The largest absolute Gasteiger partial charge is 0.280 e. The molecular weight excluding hydrogens is 287 g/mol. The predicted octanol–water partition coefficient (Wildman–Crippen LogP) is 4.67. The highest BCUT2D eigenvalue weighted by molar-refractivity contribution is 7.09. The fraction of sp³-hybridized carbons (Fsp3) is 0.214. The van der Waals surface area contributed by atoms with Gasteiger partial charge in [0.25, 0.3) is 0 Å². The Balaban J connectivity index is 2.45. The lowest BCUT2D eigenvalue weighted by molar-refractivity contribution is -0.116. The molecular formula is C14H12Cl2OS. The average Bonchev–Trinajstić information content (AvgIpc) is 2.81. The second-order valence-electron chi connectivity index (χ2n) is 4.34. The van der Waals surface area contributed by atoms with E-state index in [0.29, 0.717) is 11.4 Å². The van der Waals surface area contributed by atoms with Gasteiger partial charge in [0.2, 0.25) is 5.24 Å². The van der Waals surface area contributed by atoms with Crippen LogP contribution in [0.3, 0.4) is 0 Å². The maximum atomic E-state index is 11.9. The van der Waals surface area contributed by atoms with E-state index in [1.54, 1.807) is 17.4 Å². The molecule has 0 radical (unpaired) electrons. The van der Waals surface area contributed by atoms with Crippen molar-refractivity contribution in [3.8, 4) is 0 Å². The number of thiophene rings is 1. The molecule has 0 fully saturated rings. The summed E-state index contributed by atoms with van der Waals surface area (Å²) in [5.74, 6) is 0. The number of hydrogen-bond acceptors (Lipinski definition) is 2. The van der Waals surface area contributed by atoms with Crippen LogP contribution in [0.1, 0.15) is 17.4 Å². The third kappa shape index (κ3) is 2.61. The fourth-order valence-electron chi connectivity index (χ4n) is 1.94. The number of carbonyl (C=O) groups excluding carboxylic acids is 1. The number of rotatable bonds is 4. The first-order chi connectivity index (χ1) is 8.54. The van der Waals surface area contributed by atoms with Crippen LogP contribution in [-0.4, -0.2) is 5.24 Å². The molecule has 0 saturated heterocycles. The molecule has 0 N–H and O–H groups in total. The highest BCUT2D eigenvalue weighted by Crippen LogP contribution is 2.36. The van der Waals surface area contributed by atoms with E-state index in [0.717, 1.165) is 10.4 Å². The number of benzene rings is 1. The van der Waals surface area contributed by atoms with Crippen LogP contribution in [0.4, 0.5) is 0 Å². The summed E-state index contributed by atoms with van der Waals surface area (Å²) in [6.07, 6.45) is 0.566. The Kier molecular flexibility index (Phi) is 4.10. The Morgan fingerprint density at radius 2 is 2.00 bits per heavy atom. The first-order valence-corrected chi connectivity index (χ1v) is 7.15. The van der Waals surface area contributed by atoms with E-state index in [4.69, 9.17) is 23.2 Å². The lowest BCUT2D eigenvalue weighted by Gasteiger charge is -2.26. The van der Waals surface area contributed by atoms with Crippen molar-refractivity contribution in [1.82, 2.24) is 0 Å². The van der Waals surface area contributed by atoms with Crippen LogP contribution in [-0.2, 0) is 16.6 Å². The van der Waals surface area contributed by atoms with Crippen molar-refractivity contribution >= 4 is 39.8 Å². The molecule has 18 heavy (non-hydrogen) atoms. The lowest BCUT2D eigenvalue weighted by Crippen LogP contribution is -2.31. The van der Waals surface area contributed by atoms with E-state index in [1.807, 2.05) is 42.6 Å². The Hall–Kier alpha value is -0.830. The second-order valence-corrected chi connectivity index (χ2v) is 6.12. The van der Waals surface area contributed by atoms with Crippen molar-refractivity contribution in [2.75, 3.05) is 0 Å². The molecule has 1 atom stereocenters. The first-order valence-electron chi connectivity index (χ1n) is 5.51. The molecule has 1 aromatic heterocycles. The SMILES string of the molecule is CC(Cc1cccs1)(C(=O)Cl)c1ccccc1Cl. The molecule has 0 spiro atoms. The summed E-state index contributed by atoms with van der Waals surface area (Å²) in [6, 6.07) is 11.3. The molecule has 0 aliphatic carbocycles. The van der Waals surface area contributed by atoms with Gasteiger partial charge in [0.15, 0.2) is 0 Å². The van der Waals surface area contributed by atoms with Crippen LogP contribution < -0.4 is 0 Å². The molecule has 1 heterocycles.